The number of hydrogen-bond acceptors (Lipinski definition) is 3. The van der Waals surface area contributed by atoms with Crippen molar-refractivity contribution in [3.05, 3.63) is 246 Å². The smallest absolute Gasteiger partial charge is 0.252 e. The standard InChI is InChI=1S/C78H77BN4/c1-50-43-62(44-51(2)73(50)52-23-17-15-18-24-52)83-70-49-61(80(58-34-29-53(30-35-58)75(3,4)5)60-38-40-64-63-27-21-22-28-67(63)81(69(64)48-60)57-25-19-16-20-26-57)39-41-65(70)79-66-45-55(77(9,10)11)33-42-68(66)82(59-36-31-54(32-37-59)76(6,7)8)71-46-56(78(12,13)14)47-72(83)74(71)79/h15-49H,1-14H3. The molecule has 0 atom stereocenters. The van der Waals surface area contributed by atoms with Crippen molar-refractivity contribution in [3.63, 3.8) is 0 Å². The number of anilines is 9. The first kappa shape index (κ1) is 53.8. The highest BCUT2D eigenvalue weighted by molar-refractivity contribution is 7.00. The van der Waals surface area contributed by atoms with Crippen molar-refractivity contribution in [2.24, 2.45) is 0 Å². The lowest BCUT2D eigenvalue weighted by Crippen LogP contribution is -2.61. The molecule has 0 saturated heterocycles. The van der Waals surface area contributed by atoms with Crippen LogP contribution in [0.25, 0.3) is 38.6 Å². The Balaban J connectivity index is 1.12. The van der Waals surface area contributed by atoms with Gasteiger partial charge in [-0.15, -0.1) is 0 Å². The van der Waals surface area contributed by atoms with E-state index in [4.69, 9.17) is 0 Å². The zero-order valence-corrected chi connectivity index (χ0v) is 51.1. The van der Waals surface area contributed by atoms with E-state index in [9.17, 15) is 0 Å². The van der Waals surface area contributed by atoms with E-state index in [1.165, 1.54) is 99.9 Å². The fourth-order valence-electron chi connectivity index (χ4n) is 13.3. The molecule has 83 heavy (non-hydrogen) atoms. The Morgan fingerprint density at radius 2 is 0.843 bits per heavy atom. The van der Waals surface area contributed by atoms with E-state index < -0.39 is 0 Å². The summed E-state index contributed by atoms with van der Waals surface area (Å²) in [5, 5.41) is 2.46. The van der Waals surface area contributed by atoms with Crippen LogP contribution in [-0.4, -0.2) is 11.3 Å². The van der Waals surface area contributed by atoms with Crippen LogP contribution >= 0.6 is 0 Å². The summed E-state index contributed by atoms with van der Waals surface area (Å²) in [7, 11) is 0. The van der Waals surface area contributed by atoms with Crippen LogP contribution in [0, 0.1) is 13.8 Å². The number of aryl methyl sites for hydroxylation is 2. The molecule has 0 unspecified atom stereocenters. The van der Waals surface area contributed by atoms with Gasteiger partial charge < -0.3 is 19.3 Å². The van der Waals surface area contributed by atoms with Crippen molar-refractivity contribution in [1.82, 2.24) is 4.57 Å². The van der Waals surface area contributed by atoms with Crippen molar-refractivity contribution in [2.45, 2.75) is 119 Å². The van der Waals surface area contributed by atoms with Gasteiger partial charge in [-0.05, 0) is 193 Å². The second-order valence-electron chi connectivity index (χ2n) is 27.7. The maximum absolute atomic E-state index is 2.63. The summed E-state index contributed by atoms with van der Waals surface area (Å²) in [4.78, 5) is 7.71. The molecule has 10 aromatic carbocycles. The Morgan fingerprint density at radius 1 is 0.337 bits per heavy atom. The average molecular weight is 1080 g/mol. The van der Waals surface area contributed by atoms with Gasteiger partial charge in [-0.1, -0.05) is 198 Å². The molecule has 0 fully saturated rings. The summed E-state index contributed by atoms with van der Waals surface area (Å²) in [5.41, 5.74) is 27.9. The summed E-state index contributed by atoms with van der Waals surface area (Å²) >= 11 is 0. The monoisotopic (exact) mass is 1080 g/mol. The minimum atomic E-state index is -0.174. The number of rotatable bonds is 7. The summed E-state index contributed by atoms with van der Waals surface area (Å²) in [6.07, 6.45) is 0. The van der Waals surface area contributed by atoms with E-state index >= 15 is 0 Å². The quantitative estimate of drug-likeness (QED) is 0.148. The van der Waals surface area contributed by atoms with Crippen LogP contribution in [0.4, 0.5) is 51.2 Å². The van der Waals surface area contributed by atoms with Gasteiger partial charge in [0.25, 0.3) is 6.71 Å². The summed E-state index contributed by atoms with van der Waals surface area (Å²) < 4.78 is 2.43. The Bertz CT molecular complexity index is 4290. The first-order valence-corrected chi connectivity index (χ1v) is 29.9. The van der Waals surface area contributed by atoms with Crippen molar-refractivity contribution < 1.29 is 0 Å². The maximum atomic E-state index is 2.63. The molecule has 13 rings (SSSR count). The average Bonchev–Trinajstić information content (AvgIpc) is 3.96. The maximum Gasteiger partial charge on any atom is 0.252 e. The predicted octanol–water partition coefficient (Wildman–Crippen LogP) is 19.8. The van der Waals surface area contributed by atoms with Crippen molar-refractivity contribution in [2.75, 3.05) is 14.7 Å². The molecule has 11 aromatic rings. The second kappa shape index (κ2) is 19.6. The lowest BCUT2D eigenvalue weighted by Gasteiger charge is -2.46. The molecule has 2 aliphatic heterocycles. The summed E-state index contributed by atoms with van der Waals surface area (Å²) in [6.45, 7) is 32.5. The van der Waals surface area contributed by atoms with Gasteiger partial charge in [0.05, 0.1) is 11.0 Å². The molecular weight excluding hydrogens is 1000 g/mol. The molecular formula is C78H77BN4. The van der Waals surface area contributed by atoms with Gasteiger partial charge in [0.1, 0.15) is 0 Å². The molecule has 412 valence electrons. The minimum absolute atomic E-state index is 0.00964. The number of aromatic nitrogens is 1. The molecule has 0 radical (unpaired) electrons. The number of fused-ring (bicyclic) bond motifs is 7. The molecule has 0 N–H and O–H groups in total. The zero-order valence-electron chi connectivity index (χ0n) is 51.1. The van der Waals surface area contributed by atoms with Crippen LogP contribution in [0.1, 0.15) is 116 Å². The molecule has 1 aromatic heterocycles. The van der Waals surface area contributed by atoms with Gasteiger partial charge >= 0.3 is 0 Å². The fourth-order valence-corrected chi connectivity index (χ4v) is 13.3. The van der Waals surface area contributed by atoms with Gasteiger partial charge in [0.15, 0.2) is 0 Å². The normalized spacial score (nSPS) is 13.3. The zero-order chi connectivity index (χ0) is 58.1. The van der Waals surface area contributed by atoms with E-state index in [2.05, 4.69) is 329 Å². The largest absolute Gasteiger partial charge is 0.311 e. The van der Waals surface area contributed by atoms with Gasteiger partial charge in [0, 0.05) is 67.6 Å². The van der Waals surface area contributed by atoms with E-state index in [0.717, 1.165) is 39.6 Å². The highest BCUT2D eigenvalue weighted by atomic mass is 15.2. The van der Waals surface area contributed by atoms with Gasteiger partial charge in [0.2, 0.25) is 0 Å². The molecule has 0 saturated carbocycles. The van der Waals surface area contributed by atoms with Gasteiger partial charge in [-0.25, -0.2) is 0 Å². The van der Waals surface area contributed by atoms with Crippen molar-refractivity contribution >= 4 is 96.1 Å². The molecule has 0 amide bonds. The highest BCUT2D eigenvalue weighted by Gasteiger charge is 2.45. The van der Waals surface area contributed by atoms with Crippen molar-refractivity contribution in [1.29, 1.82) is 0 Å². The van der Waals surface area contributed by atoms with Crippen LogP contribution in [0.3, 0.4) is 0 Å². The van der Waals surface area contributed by atoms with Crippen LogP contribution in [0.15, 0.2) is 212 Å². The van der Waals surface area contributed by atoms with Crippen LogP contribution in [0.5, 0.6) is 0 Å². The van der Waals surface area contributed by atoms with Crippen molar-refractivity contribution in [3.8, 4) is 16.8 Å². The molecule has 0 bridgehead atoms. The second-order valence-corrected chi connectivity index (χ2v) is 27.7. The van der Waals surface area contributed by atoms with E-state index in [1.54, 1.807) is 0 Å². The third-order valence-corrected chi connectivity index (χ3v) is 17.8. The summed E-state index contributed by atoms with van der Waals surface area (Å²) in [6, 6.07) is 81.0. The Morgan fingerprint density at radius 3 is 1.46 bits per heavy atom. The lowest BCUT2D eigenvalue weighted by atomic mass is 9.33. The molecule has 2 aliphatic rings. The Kier molecular flexibility index (Phi) is 12.7. The van der Waals surface area contributed by atoms with Gasteiger partial charge in [-0.2, -0.15) is 0 Å². The molecule has 0 spiro atoms. The molecule has 4 nitrogen and oxygen atoms in total. The fraction of sp³-hybridized carbons (Fsp3) is 0.231. The number of benzene rings is 10. The third kappa shape index (κ3) is 9.24. The summed E-state index contributed by atoms with van der Waals surface area (Å²) in [5.74, 6) is 0. The third-order valence-electron chi connectivity index (χ3n) is 17.8. The number of para-hydroxylation sites is 2. The predicted molar refractivity (Wildman–Crippen MR) is 359 cm³/mol. The molecule has 0 aliphatic carbocycles. The van der Waals surface area contributed by atoms with Crippen LogP contribution in [-0.2, 0) is 21.7 Å². The van der Waals surface area contributed by atoms with Gasteiger partial charge in [-0.3, -0.25) is 0 Å². The number of nitrogens with zero attached hydrogens (tertiary/aromatic N) is 4. The first-order chi connectivity index (χ1) is 39.5. The van der Waals surface area contributed by atoms with E-state index in [-0.39, 0.29) is 28.4 Å². The van der Waals surface area contributed by atoms with Crippen LogP contribution in [0.2, 0.25) is 0 Å². The SMILES string of the molecule is Cc1cc(N2c3cc(N(c4ccc(C(C)(C)C)cc4)c4ccc5c6ccccc6n(-c6ccccc6)c5c4)ccc3B3c4cc(C(C)(C)C)ccc4N(c4ccc(C(C)(C)C)cc4)c4cc(C(C)(C)C)cc2c43)cc(C)c1-c1ccccc1. The number of hydrogen-bond donors (Lipinski definition) is 0. The Labute approximate surface area is 493 Å². The molecule has 3 heterocycles. The highest BCUT2D eigenvalue weighted by Crippen LogP contribution is 2.50. The molecule has 5 heteroatoms. The van der Waals surface area contributed by atoms with E-state index in [1.807, 2.05) is 0 Å². The van der Waals surface area contributed by atoms with E-state index in [0.29, 0.717) is 0 Å². The lowest BCUT2D eigenvalue weighted by molar-refractivity contribution is 0.589. The first-order valence-electron chi connectivity index (χ1n) is 29.9. The van der Waals surface area contributed by atoms with Crippen LogP contribution < -0.4 is 31.1 Å². The minimum Gasteiger partial charge on any atom is -0.311 e. The topological polar surface area (TPSA) is 14.7 Å². The Hall–Kier alpha value is -8.54.